The molecule has 0 spiro atoms. The summed E-state index contributed by atoms with van der Waals surface area (Å²) in [6.45, 7) is 0.354. The highest BCUT2D eigenvalue weighted by Gasteiger charge is 2.14. The summed E-state index contributed by atoms with van der Waals surface area (Å²) in [5, 5.41) is 15.5. The third-order valence-electron chi connectivity index (χ3n) is 3.56. The number of nitro groups is 1. The molecule has 7 heteroatoms. The fraction of sp³-hybridized carbons (Fsp3) is 0.118. The molecule has 0 aliphatic rings. The summed E-state index contributed by atoms with van der Waals surface area (Å²) < 4.78 is 5.20. The number of rotatable bonds is 5. The molecule has 1 aromatic heterocycles. The Labute approximate surface area is 141 Å². The highest BCUT2D eigenvalue weighted by Crippen LogP contribution is 2.24. The van der Waals surface area contributed by atoms with Crippen LogP contribution in [0.25, 0.3) is 10.8 Å². The van der Waals surface area contributed by atoms with Crippen LogP contribution < -0.4 is 10.1 Å². The summed E-state index contributed by atoms with van der Waals surface area (Å²) in [6, 6.07) is 14.5. The number of thiophene rings is 1. The van der Waals surface area contributed by atoms with E-state index in [0.29, 0.717) is 11.4 Å². The molecule has 24 heavy (non-hydrogen) atoms. The summed E-state index contributed by atoms with van der Waals surface area (Å²) in [5.74, 6) is 0.478. The number of nitrogens with zero attached hydrogens (tertiary/aromatic N) is 1. The van der Waals surface area contributed by atoms with Gasteiger partial charge >= 0.3 is 5.00 Å². The van der Waals surface area contributed by atoms with Crippen LogP contribution in [0.5, 0.6) is 5.75 Å². The van der Waals surface area contributed by atoms with Crippen molar-refractivity contribution in [3.63, 3.8) is 0 Å². The van der Waals surface area contributed by atoms with Crippen molar-refractivity contribution < 1.29 is 14.5 Å². The van der Waals surface area contributed by atoms with Gasteiger partial charge in [-0.2, -0.15) is 0 Å². The molecule has 3 rings (SSSR count). The number of hydrogen-bond donors (Lipinski definition) is 1. The predicted octanol–water partition coefficient (Wildman–Crippen LogP) is 3.75. The second-order valence-corrected chi connectivity index (χ2v) is 6.19. The van der Waals surface area contributed by atoms with Crippen LogP contribution in [0.4, 0.5) is 5.00 Å². The van der Waals surface area contributed by atoms with Crippen molar-refractivity contribution in [2.24, 2.45) is 0 Å². The van der Waals surface area contributed by atoms with Crippen LogP contribution >= 0.6 is 11.3 Å². The molecule has 122 valence electrons. The minimum atomic E-state index is -0.501. The Morgan fingerprint density at radius 2 is 1.92 bits per heavy atom. The standard InChI is InChI=1S/C17H14N2O4S/c1-23-14-5-4-12-8-11(2-3-13(12)9-14)10-18-17(20)15-6-7-16(24-15)19(21)22/h2-9H,10H2,1H3,(H,18,20). The predicted molar refractivity (Wildman–Crippen MR) is 92.6 cm³/mol. The summed E-state index contributed by atoms with van der Waals surface area (Å²) in [5.41, 5.74) is 0.951. The van der Waals surface area contributed by atoms with Gasteiger partial charge in [0.05, 0.1) is 16.9 Å². The van der Waals surface area contributed by atoms with Crippen molar-refractivity contribution in [1.29, 1.82) is 0 Å². The van der Waals surface area contributed by atoms with Crippen LogP contribution in [0, 0.1) is 10.1 Å². The van der Waals surface area contributed by atoms with E-state index in [4.69, 9.17) is 4.74 Å². The molecule has 0 saturated heterocycles. The van der Waals surface area contributed by atoms with Gasteiger partial charge in [-0.3, -0.25) is 14.9 Å². The average Bonchev–Trinajstić information content (AvgIpc) is 3.09. The first-order chi connectivity index (χ1) is 11.6. The maximum absolute atomic E-state index is 12.1. The van der Waals surface area contributed by atoms with Crippen molar-refractivity contribution in [3.05, 3.63) is 69.1 Å². The van der Waals surface area contributed by atoms with Gasteiger partial charge in [-0.25, -0.2) is 0 Å². The zero-order valence-electron chi connectivity index (χ0n) is 12.8. The monoisotopic (exact) mass is 342 g/mol. The minimum absolute atomic E-state index is 0.0418. The minimum Gasteiger partial charge on any atom is -0.497 e. The largest absolute Gasteiger partial charge is 0.497 e. The second-order valence-electron chi connectivity index (χ2n) is 5.13. The zero-order chi connectivity index (χ0) is 17.1. The number of nitrogens with one attached hydrogen (secondary N) is 1. The van der Waals surface area contributed by atoms with Gasteiger partial charge in [-0.15, -0.1) is 0 Å². The Kier molecular flexibility index (Phi) is 4.43. The second kappa shape index (κ2) is 6.67. The summed E-state index contributed by atoms with van der Waals surface area (Å²) in [4.78, 5) is 22.5. The van der Waals surface area contributed by atoms with Crippen molar-refractivity contribution in [3.8, 4) is 5.75 Å². The van der Waals surface area contributed by atoms with Crippen molar-refractivity contribution >= 4 is 33.0 Å². The molecule has 0 unspecified atom stereocenters. The molecule has 6 nitrogen and oxygen atoms in total. The SMILES string of the molecule is COc1ccc2cc(CNC(=O)c3ccc([N+](=O)[O-])s3)ccc2c1. The summed E-state index contributed by atoms with van der Waals surface area (Å²) in [6.07, 6.45) is 0. The van der Waals surface area contributed by atoms with Gasteiger partial charge in [-0.1, -0.05) is 29.5 Å². The van der Waals surface area contributed by atoms with Crippen LogP contribution in [-0.2, 0) is 6.54 Å². The summed E-state index contributed by atoms with van der Waals surface area (Å²) >= 11 is 0.866. The number of amides is 1. The van der Waals surface area contributed by atoms with E-state index in [2.05, 4.69) is 5.32 Å². The highest BCUT2D eigenvalue weighted by molar-refractivity contribution is 7.17. The molecule has 0 aliphatic heterocycles. The average molecular weight is 342 g/mol. The van der Waals surface area contributed by atoms with Crippen molar-refractivity contribution in [2.45, 2.75) is 6.54 Å². The van der Waals surface area contributed by atoms with E-state index in [9.17, 15) is 14.9 Å². The Hall–Kier alpha value is -2.93. The lowest BCUT2D eigenvalue weighted by atomic mass is 10.1. The van der Waals surface area contributed by atoms with E-state index in [1.807, 2.05) is 36.4 Å². The first-order valence-corrected chi connectivity index (χ1v) is 7.97. The number of carbonyl (C=O) groups excluding carboxylic acids is 1. The van der Waals surface area contributed by atoms with Crippen LogP contribution in [0.2, 0.25) is 0 Å². The maximum Gasteiger partial charge on any atom is 0.324 e. The molecule has 1 amide bonds. The molecule has 1 N–H and O–H groups in total. The molecule has 0 aliphatic carbocycles. The van der Waals surface area contributed by atoms with Gasteiger partial charge in [0, 0.05) is 12.6 Å². The third-order valence-corrected chi connectivity index (χ3v) is 4.60. The molecule has 0 atom stereocenters. The third kappa shape index (κ3) is 3.36. The Morgan fingerprint density at radius 3 is 2.62 bits per heavy atom. The molecule has 0 bridgehead atoms. The van der Waals surface area contributed by atoms with E-state index in [1.54, 1.807) is 7.11 Å². The number of methoxy groups -OCH3 is 1. The van der Waals surface area contributed by atoms with E-state index in [-0.39, 0.29) is 10.9 Å². The fourth-order valence-electron chi connectivity index (χ4n) is 2.33. The number of ether oxygens (including phenoxy) is 1. The first kappa shape index (κ1) is 15.9. The van der Waals surface area contributed by atoms with Gasteiger partial charge in [0.2, 0.25) is 0 Å². The van der Waals surface area contributed by atoms with Crippen LogP contribution in [0.3, 0.4) is 0 Å². The topological polar surface area (TPSA) is 81.5 Å². The van der Waals surface area contributed by atoms with Gasteiger partial charge in [0.1, 0.15) is 5.75 Å². The lowest BCUT2D eigenvalue weighted by molar-refractivity contribution is -0.380. The van der Waals surface area contributed by atoms with Gasteiger partial charge < -0.3 is 10.1 Å². The molecule has 2 aromatic carbocycles. The van der Waals surface area contributed by atoms with Crippen molar-refractivity contribution in [2.75, 3.05) is 7.11 Å². The smallest absolute Gasteiger partial charge is 0.324 e. The van der Waals surface area contributed by atoms with Crippen LogP contribution in [0.15, 0.2) is 48.5 Å². The molecule has 0 saturated carbocycles. The Balaban J connectivity index is 1.70. The Bertz CT molecular complexity index is 920. The maximum atomic E-state index is 12.1. The molecule has 0 radical (unpaired) electrons. The quantitative estimate of drug-likeness (QED) is 0.565. The molecular weight excluding hydrogens is 328 g/mol. The first-order valence-electron chi connectivity index (χ1n) is 7.16. The van der Waals surface area contributed by atoms with Gasteiger partial charge in [-0.05, 0) is 40.6 Å². The van der Waals surface area contributed by atoms with Crippen LogP contribution in [0.1, 0.15) is 15.2 Å². The number of fused-ring (bicyclic) bond motifs is 1. The number of hydrogen-bond acceptors (Lipinski definition) is 5. The molecule has 3 aromatic rings. The van der Waals surface area contributed by atoms with Crippen molar-refractivity contribution in [1.82, 2.24) is 5.32 Å². The lowest BCUT2D eigenvalue weighted by Crippen LogP contribution is -2.21. The van der Waals surface area contributed by atoms with E-state index in [0.717, 1.165) is 33.4 Å². The van der Waals surface area contributed by atoms with E-state index < -0.39 is 4.92 Å². The van der Waals surface area contributed by atoms with E-state index in [1.165, 1.54) is 12.1 Å². The van der Waals surface area contributed by atoms with Gasteiger partial charge in [0.25, 0.3) is 5.91 Å². The highest BCUT2D eigenvalue weighted by atomic mass is 32.1. The van der Waals surface area contributed by atoms with Crippen LogP contribution in [-0.4, -0.2) is 17.9 Å². The zero-order valence-corrected chi connectivity index (χ0v) is 13.6. The number of benzene rings is 2. The van der Waals surface area contributed by atoms with Gasteiger partial charge in [0.15, 0.2) is 0 Å². The van der Waals surface area contributed by atoms with E-state index >= 15 is 0 Å². The normalized spacial score (nSPS) is 10.5. The summed E-state index contributed by atoms with van der Waals surface area (Å²) in [7, 11) is 1.62. The number of carbonyl (C=O) groups is 1. The molecule has 1 heterocycles. The Morgan fingerprint density at radius 1 is 1.17 bits per heavy atom. The fourth-order valence-corrected chi connectivity index (χ4v) is 3.06. The molecule has 0 fully saturated rings. The lowest BCUT2D eigenvalue weighted by Gasteiger charge is -2.07. The molecular formula is C17H14N2O4S.